The molecule has 0 bridgehead atoms. The number of hydrogen-bond acceptors (Lipinski definition) is 3. The lowest BCUT2D eigenvalue weighted by molar-refractivity contribution is 0.00578. The van der Waals surface area contributed by atoms with Crippen molar-refractivity contribution in [3.63, 3.8) is 0 Å². The Bertz CT molecular complexity index is 472. The number of halogens is 1. The van der Waals surface area contributed by atoms with Crippen molar-refractivity contribution in [2.24, 2.45) is 5.73 Å². The third kappa shape index (κ3) is 2.55. The molecule has 1 aliphatic rings. The highest BCUT2D eigenvalue weighted by Crippen LogP contribution is 2.37. The molecular weight excluding hydrogens is 260 g/mol. The van der Waals surface area contributed by atoms with Crippen LogP contribution in [0.5, 0.6) is 0 Å². The van der Waals surface area contributed by atoms with Crippen molar-refractivity contribution in [1.29, 1.82) is 0 Å². The minimum atomic E-state index is -0.448. The van der Waals surface area contributed by atoms with Gasteiger partial charge in [0.2, 0.25) is 0 Å². The van der Waals surface area contributed by atoms with Gasteiger partial charge in [-0.2, -0.15) is 0 Å². The lowest BCUT2D eigenvalue weighted by atomic mass is 9.78. The smallest absolute Gasteiger partial charge is 0.399 e. The van der Waals surface area contributed by atoms with Crippen LogP contribution in [0.1, 0.15) is 46.2 Å². The molecule has 0 aromatic heterocycles. The Morgan fingerprint density at radius 1 is 1.16 bits per heavy atom. The Morgan fingerprint density at radius 2 is 1.68 bits per heavy atom. The summed E-state index contributed by atoms with van der Waals surface area (Å²) in [6, 6.07) is 5.68. The van der Waals surface area contributed by atoms with Crippen LogP contribution in [0.25, 0.3) is 0 Å². The number of nitrogens with two attached hydrogens (primary N) is 1. The summed E-state index contributed by atoms with van der Waals surface area (Å²) in [5.41, 5.74) is 6.94. The number of hydrogen-bond donors (Lipinski definition) is 1. The SMILES string of the molecule is CC(N)c1cccc(B2OC(C)(C)C(C)(C)O2)c1Cl. The second-order valence-electron chi connectivity index (χ2n) is 6.13. The molecule has 0 spiro atoms. The van der Waals surface area contributed by atoms with Crippen LogP contribution in [0, 0.1) is 0 Å². The molecule has 5 heteroatoms. The average Bonchev–Trinajstić information content (AvgIpc) is 2.47. The highest BCUT2D eigenvalue weighted by molar-refractivity contribution is 6.65. The summed E-state index contributed by atoms with van der Waals surface area (Å²) in [5.74, 6) is 0. The molecule has 0 radical (unpaired) electrons. The second kappa shape index (κ2) is 4.78. The van der Waals surface area contributed by atoms with Crippen molar-refractivity contribution in [1.82, 2.24) is 0 Å². The lowest BCUT2D eigenvalue weighted by Crippen LogP contribution is -2.41. The van der Waals surface area contributed by atoms with Crippen LogP contribution in [0.2, 0.25) is 5.02 Å². The van der Waals surface area contributed by atoms with Crippen LogP contribution >= 0.6 is 11.6 Å². The highest BCUT2D eigenvalue weighted by atomic mass is 35.5. The minimum absolute atomic E-state index is 0.116. The predicted octanol–water partition coefficient (Wildman–Crippen LogP) is 2.66. The van der Waals surface area contributed by atoms with Crippen molar-refractivity contribution < 1.29 is 9.31 Å². The molecule has 1 heterocycles. The molecule has 0 saturated carbocycles. The van der Waals surface area contributed by atoms with Gasteiger partial charge in [-0.3, -0.25) is 0 Å². The van der Waals surface area contributed by atoms with Gasteiger partial charge in [-0.1, -0.05) is 29.8 Å². The van der Waals surface area contributed by atoms with Gasteiger partial charge < -0.3 is 15.0 Å². The zero-order valence-electron chi connectivity index (χ0n) is 12.2. The first-order valence-electron chi connectivity index (χ1n) is 6.55. The van der Waals surface area contributed by atoms with Crippen LogP contribution < -0.4 is 11.2 Å². The molecule has 1 saturated heterocycles. The van der Waals surface area contributed by atoms with Gasteiger partial charge in [0.1, 0.15) is 0 Å². The Morgan fingerprint density at radius 3 is 2.16 bits per heavy atom. The summed E-state index contributed by atoms with van der Waals surface area (Å²) < 4.78 is 12.0. The molecule has 2 rings (SSSR count). The summed E-state index contributed by atoms with van der Waals surface area (Å²) in [4.78, 5) is 0. The molecule has 19 heavy (non-hydrogen) atoms. The second-order valence-corrected chi connectivity index (χ2v) is 6.51. The van der Waals surface area contributed by atoms with Gasteiger partial charge in [0, 0.05) is 16.5 Å². The fourth-order valence-corrected chi connectivity index (χ4v) is 2.46. The topological polar surface area (TPSA) is 44.5 Å². The molecule has 0 amide bonds. The van der Waals surface area contributed by atoms with Gasteiger partial charge in [-0.05, 0) is 40.2 Å². The van der Waals surface area contributed by atoms with Crippen LogP contribution in [0.3, 0.4) is 0 Å². The quantitative estimate of drug-likeness (QED) is 0.848. The monoisotopic (exact) mass is 281 g/mol. The molecule has 104 valence electrons. The van der Waals surface area contributed by atoms with E-state index < -0.39 is 7.12 Å². The maximum Gasteiger partial charge on any atom is 0.496 e. The molecule has 1 fully saturated rings. The normalized spacial score (nSPS) is 22.6. The lowest BCUT2D eigenvalue weighted by Gasteiger charge is -2.32. The van der Waals surface area contributed by atoms with E-state index in [1.165, 1.54) is 0 Å². The van der Waals surface area contributed by atoms with Crippen molar-refractivity contribution in [3.05, 3.63) is 28.8 Å². The van der Waals surface area contributed by atoms with Crippen molar-refractivity contribution >= 4 is 24.2 Å². The highest BCUT2D eigenvalue weighted by Gasteiger charge is 2.52. The standard InChI is InChI=1S/C14H21BClNO2/c1-9(17)10-7-6-8-11(12(10)16)15-18-13(2,3)14(4,5)19-15/h6-9H,17H2,1-5H3. The van der Waals surface area contributed by atoms with E-state index in [1.807, 2.05) is 52.8 Å². The third-order valence-electron chi connectivity index (χ3n) is 4.06. The van der Waals surface area contributed by atoms with Gasteiger partial charge in [0.25, 0.3) is 0 Å². The molecule has 1 atom stereocenters. The molecule has 1 aromatic rings. The first kappa shape index (κ1) is 14.9. The van der Waals surface area contributed by atoms with E-state index in [-0.39, 0.29) is 17.2 Å². The Balaban J connectivity index is 2.38. The van der Waals surface area contributed by atoms with E-state index in [4.69, 9.17) is 26.6 Å². The van der Waals surface area contributed by atoms with E-state index >= 15 is 0 Å². The van der Waals surface area contributed by atoms with Gasteiger partial charge in [-0.25, -0.2) is 0 Å². The Kier molecular flexibility index (Phi) is 3.73. The number of rotatable bonds is 2. The summed E-state index contributed by atoms with van der Waals surface area (Å²) in [7, 11) is -0.448. The van der Waals surface area contributed by atoms with E-state index in [2.05, 4.69) is 0 Å². The van der Waals surface area contributed by atoms with Crippen LogP contribution in [-0.4, -0.2) is 18.3 Å². The van der Waals surface area contributed by atoms with Crippen molar-refractivity contribution in [2.45, 2.75) is 51.9 Å². The molecule has 0 aliphatic carbocycles. The zero-order valence-corrected chi connectivity index (χ0v) is 12.9. The van der Waals surface area contributed by atoms with Crippen molar-refractivity contribution in [3.8, 4) is 0 Å². The predicted molar refractivity (Wildman–Crippen MR) is 79.8 cm³/mol. The van der Waals surface area contributed by atoms with Gasteiger partial charge in [-0.15, -0.1) is 0 Å². The number of benzene rings is 1. The molecule has 1 aromatic carbocycles. The first-order chi connectivity index (χ1) is 8.66. The third-order valence-corrected chi connectivity index (χ3v) is 4.49. The first-order valence-corrected chi connectivity index (χ1v) is 6.93. The van der Waals surface area contributed by atoms with Crippen LogP contribution in [0.15, 0.2) is 18.2 Å². The summed E-state index contributed by atoms with van der Waals surface area (Å²) >= 11 is 6.43. The molecule has 2 N–H and O–H groups in total. The minimum Gasteiger partial charge on any atom is -0.399 e. The molecular formula is C14H21BClNO2. The largest absolute Gasteiger partial charge is 0.496 e. The fraction of sp³-hybridized carbons (Fsp3) is 0.571. The van der Waals surface area contributed by atoms with E-state index in [0.717, 1.165) is 11.0 Å². The molecule has 1 aliphatic heterocycles. The molecule has 3 nitrogen and oxygen atoms in total. The maximum absolute atomic E-state index is 6.43. The summed E-state index contributed by atoms with van der Waals surface area (Å²) in [5, 5.41) is 0.635. The maximum atomic E-state index is 6.43. The summed E-state index contributed by atoms with van der Waals surface area (Å²) in [6.07, 6.45) is 0. The summed E-state index contributed by atoms with van der Waals surface area (Å²) in [6.45, 7) is 10.0. The van der Waals surface area contributed by atoms with E-state index in [9.17, 15) is 0 Å². The van der Waals surface area contributed by atoms with Gasteiger partial charge in [0.05, 0.1) is 11.2 Å². The van der Waals surface area contributed by atoms with Crippen LogP contribution in [0.4, 0.5) is 0 Å². The van der Waals surface area contributed by atoms with E-state index in [0.29, 0.717) is 5.02 Å². The Hall–Kier alpha value is -0.545. The van der Waals surface area contributed by atoms with Gasteiger partial charge in [0.15, 0.2) is 0 Å². The van der Waals surface area contributed by atoms with Crippen molar-refractivity contribution in [2.75, 3.05) is 0 Å². The molecule has 1 unspecified atom stereocenters. The van der Waals surface area contributed by atoms with Gasteiger partial charge >= 0.3 is 7.12 Å². The fourth-order valence-electron chi connectivity index (χ4n) is 2.07. The van der Waals surface area contributed by atoms with Crippen LogP contribution in [-0.2, 0) is 9.31 Å². The average molecular weight is 282 g/mol. The van der Waals surface area contributed by atoms with E-state index in [1.54, 1.807) is 0 Å². The zero-order chi connectivity index (χ0) is 14.4. The Labute approximate surface area is 120 Å².